The number of hydrogen-bond acceptors (Lipinski definition) is 4. The van der Waals surface area contributed by atoms with Gasteiger partial charge in [-0.05, 0) is 13.0 Å². The van der Waals surface area contributed by atoms with Crippen molar-refractivity contribution in [3.63, 3.8) is 0 Å². The second-order valence-electron chi connectivity index (χ2n) is 2.90. The van der Waals surface area contributed by atoms with Crippen LogP contribution in [0.25, 0.3) is 0 Å². The molecule has 2 N–H and O–H groups in total. The Hall–Kier alpha value is -0.660. The van der Waals surface area contributed by atoms with Crippen molar-refractivity contribution in [1.82, 2.24) is 9.62 Å². The lowest BCUT2D eigenvalue weighted by Gasteiger charge is -2.39. The summed E-state index contributed by atoms with van der Waals surface area (Å²) in [7, 11) is -4.33. The highest BCUT2D eigenvalue weighted by molar-refractivity contribution is 7.84. The molecule has 2 fully saturated rings. The highest BCUT2D eigenvalue weighted by Gasteiger charge is 2.55. The van der Waals surface area contributed by atoms with E-state index in [9.17, 15) is 13.2 Å². The summed E-state index contributed by atoms with van der Waals surface area (Å²) in [6, 6.07) is -0.764. The number of rotatable bonds is 1. The molecule has 2 rings (SSSR count). The van der Waals surface area contributed by atoms with E-state index >= 15 is 0 Å². The smallest absolute Gasteiger partial charge is 0.304 e. The number of amides is 1. The molecule has 1 amide bonds. The van der Waals surface area contributed by atoms with E-state index in [2.05, 4.69) is 5.32 Å². The van der Waals surface area contributed by atoms with Crippen LogP contribution in [0, 0.1) is 0 Å². The molecule has 7 heteroatoms. The average Bonchev–Trinajstić information content (AvgIpc) is 2.27. The van der Waals surface area contributed by atoms with E-state index in [0.717, 1.165) is 0 Å². The summed E-state index contributed by atoms with van der Waals surface area (Å²) >= 11 is 0. The summed E-state index contributed by atoms with van der Waals surface area (Å²) in [4.78, 5) is 11.0. The van der Waals surface area contributed by atoms with Crippen LogP contribution in [0.3, 0.4) is 0 Å². The molecule has 2 heterocycles. The quantitative estimate of drug-likeness (QED) is 0.384. The number of carbonyl (C=O) groups excluding carboxylic acids is 1. The van der Waals surface area contributed by atoms with Crippen molar-refractivity contribution in [2.45, 2.75) is 18.5 Å². The van der Waals surface area contributed by atoms with Crippen LogP contribution in [0.2, 0.25) is 0 Å². The summed E-state index contributed by atoms with van der Waals surface area (Å²) in [5.41, 5.74) is 0. The Kier molecular flexibility index (Phi) is 1.45. The van der Waals surface area contributed by atoms with Crippen LogP contribution < -0.4 is 5.32 Å². The summed E-state index contributed by atoms with van der Waals surface area (Å²) in [5, 5.41) is 2.84. The molecule has 0 aromatic heterocycles. The van der Waals surface area contributed by atoms with Gasteiger partial charge in [0.1, 0.15) is 6.04 Å². The van der Waals surface area contributed by atoms with E-state index in [1.807, 2.05) is 0 Å². The van der Waals surface area contributed by atoms with Crippen molar-refractivity contribution in [3.05, 3.63) is 0 Å². The molecule has 0 aromatic carbocycles. The van der Waals surface area contributed by atoms with Crippen LogP contribution in [0.4, 0.5) is 0 Å². The van der Waals surface area contributed by atoms with E-state index in [-0.39, 0.29) is 6.04 Å². The Labute approximate surface area is 69.4 Å². The van der Waals surface area contributed by atoms with Gasteiger partial charge in [0, 0.05) is 0 Å². The van der Waals surface area contributed by atoms with Crippen LogP contribution in [-0.4, -0.2) is 41.8 Å². The van der Waals surface area contributed by atoms with E-state index in [0.29, 0.717) is 17.3 Å². The molecule has 2 atom stereocenters. The lowest BCUT2D eigenvalue weighted by molar-refractivity contribution is -0.140. The minimum absolute atomic E-state index is 0.368. The van der Waals surface area contributed by atoms with Crippen molar-refractivity contribution >= 4 is 16.2 Å². The maximum atomic E-state index is 11.0. The second-order valence-corrected chi connectivity index (χ2v) is 4.19. The van der Waals surface area contributed by atoms with Gasteiger partial charge in [-0.2, -0.15) is 8.42 Å². The fourth-order valence-electron chi connectivity index (χ4n) is 1.70. The van der Waals surface area contributed by atoms with Gasteiger partial charge in [-0.1, -0.05) is 0 Å². The first-order valence-electron chi connectivity index (χ1n) is 3.56. The molecule has 1 unspecified atom stereocenters. The molecule has 68 valence electrons. The maximum absolute atomic E-state index is 11.0. The fraction of sp³-hybridized carbons (Fsp3) is 0.800. The van der Waals surface area contributed by atoms with Gasteiger partial charge in [0.05, 0.1) is 6.04 Å². The predicted molar refractivity (Wildman–Crippen MR) is 38.6 cm³/mol. The molecule has 0 aliphatic carbocycles. The summed E-state index contributed by atoms with van der Waals surface area (Å²) < 4.78 is 30.3. The Morgan fingerprint density at radius 2 is 2.25 bits per heavy atom. The summed E-state index contributed by atoms with van der Waals surface area (Å²) in [6.45, 7) is 0.618. The number of hydrogen-bond donors (Lipinski definition) is 2. The molecular weight excluding hydrogens is 184 g/mol. The number of fused-ring (bicyclic) bond motifs is 1. The van der Waals surface area contributed by atoms with Gasteiger partial charge in [0.15, 0.2) is 0 Å². The van der Waals surface area contributed by atoms with Crippen molar-refractivity contribution in [2.24, 2.45) is 0 Å². The molecule has 12 heavy (non-hydrogen) atoms. The van der Waals surface area contributed by atoms with Gasteiger partial charge in [-0.15, -0.1) is 0 Å². The molecule has 6 nitrogen and oxygen atoms in total. The van der Waals surface area contributed by atoms with E-state index in [1.165, 1.54) is 0 Å². The first kappa shape index (κ1) is 7.96. The fourth-order valence-corrected chi connectivity index (χ4v) is 2.61. The molecule has 0 saturated carbocycles. The Morgan fingerprint density at radius 1 is 1.58 bits per heavy atom. The van der Waals surface area contributed by atoms with Crippen molar-refractivity contribution in [3.8, 4) is 0 Å². The Bertz CT molecular complexity index is 324. The molecule has 0 radical (unpaired) electrons. The zero-order valence-corrected chi connectivity index (χ0v) is 6.91. The molecule has 2 aliphatic rings. The maximum Gasteiger partial charge on any atom is 0.362 e. The van der Waals surface area contributed by atoms with Crippen molar-refractivity contribution < 1.29 is 17.8 Å². The largest absolute Gasteiger partial charge is 0.362 e. The summed E-state index contributed by atoms with van der Waals surface area (Å²) in [5.74, 6) is -0.556. The third-order valence-corrected chi connectivity index (χ3v) is 3.17. The number of carbonyl (C=O) groups is 1. The van der Waals surface area contributed by atoms with E-state index in [1.54, 1.807) is 0 Å². The molecule has 0 spiro atoms. The standard InChI is InChI=1S/C5H8N2O4S/c8-5-4-3(1-2-6-4)7(5)12(9,10)11/h3-4,6H,1-2H2,(H,9,10,11)/t3?,4-/m1/s1. The van der Waals surface area contributed by atoms with Crippen molar-refractivity contribution in [2.75, 3.05) is 6.54 Å². The zero-order valence-electron chi connectivity index (χ0n) is 6.10. The van der Waals surface area contributed by atoms with E-state index < -0.39 is 22.3 Å². The zero-order chi connectivity index (χ0) is 8.93. The van der Waals surface area contributed by atoms with Crippen LogP contribution in [0.5, 0.6) is 0 Å². The highest BCUT2D eigenvalue weighted by Crippen LogP contribution is 2.29. The van der Waals surface area contributed by atoms with Crippen molar-refractivity contribution in [1.29, 1.82) is 0 Å². The van der Waals surface area contributed by atoms with Gasteiger partial charge >= 0.3 is 10.3 Å². The van der Waals surface area contributed by atoms with E-state index in [4.69, 9.17) is 4.55 Å². The third-order valence-electron chi connectivity index (χ3n) is 2.22. The third kappa shape index (κ3) is 0.869. The molecular formula is C5H8N2O4S. The molecule has 2 aliphatic heterocycles. The van der Waals surface area contributed by atoms with Gasteiger partial charge in [0.2, 0.25) is 0 Å². The second kappa shape index (κ2) is 2.18. The monoisotopic (exact) mass is 192 g/mol. The highest BCUT2D eigenvalue weighted by atomic mass is 32.2. The van der Waals surface area contributed by atoms with Gasteiger partial charge in [-0.25, -0.2) is 4.31 Å². The summed E-state index contributed by atoms with van der Waals surface area (Å²) in [6.07, 6.45) is 0.580. The molecule has 2 saturated heterocycles. The van der Waals surface area contributed by atoms with Crippen LogP contribution in [0.15, 0.2) is 0 Å². The number of nitrogens with zero attached hydrogens (tertiary/aromatic N) is 1. The van der Waals surface area contributed by atoms with Crippen LogP contribution >= 0.6 is 0 Å². The first-order chi connectivity index (χ1) is 5.52. The van der Waals surface area contributed by atoms with Crippen LogP contribution in [-0.2, 0) is 15.1 Å². The Balaban J connectivity index is 2.26. The van der Waals surface area contributed by atoms with Gasteiger partial charge in [0.25, 0.3) is 5.91 Å². The number of nitrogens with one attached hydrogen (secondary N) is 1. The minimum Gasteiger partial charge on any atom is -0.304 e. The lowest BCUT2D eigenvalue weighted by Crippen LogP contribution is -2.67. The normalized spacial score (nSPS) is 34.8. The SMILES string of the molecule is O=C1[C@@H]2NCCC2N1S(=O)(=O)O. The number of β-lactam (4-membered cyclic amide) rings is 1. The molecule has 0 aromatic rings. The first-order valence-corrected chi connectivity index (χ1v) is 4.95. The minimum atomic E-state index is -4.33. The Morgan fingerprint density at radius 3 is 2.83 bits per heavy atom. The average molecular weight is 192 g/mol. The van der Waals surface area contributed by atoms with Crippen LogP contribution in [0.1, 0.15) is 6.42 Å². The van der Waals surface area contributed by atoms with Gasteiger partial charge < -0.3 is 5.32 Å². The lowest BCUT2D eigenvalue weighted by atomic mass is 10.0. The van der Waals surface area contributed by atoms with Gasteiger partial charge in [-0.3, -0.25) is 9.35 Å². The predicted octanol–water partition coefficient (Wildman–Crippen LogP) is -1.64. The molecule has 0 bridgehead atoms. The topological polar surface area (TPSA) is 86.7 Å².